The first kappa shape index (κ1) is 23.3. The lowest BCUT2D eigenvalue weighted by atomic mass is 9.59. The van der Waals surface area contributed by atoms with E-state index in [-0.39, 0.29) is 41.5 Å². The summed E-state index contributed by atoms with van der Waals surface area (Å²) in [6.07, 6.45) is 3.98. The van der Waals surface area contributed by atoms with E-state index in [4.69, 9.17) is 4.74 Å². The van der Waals surface area contributed by atoms with E-state index in [1.54, 1.807) is 25.1 Å². The molecule has 1 aromatic rings. The number of likely N-dealkylation sites (tertiary alicyclic amines) is 1. The summed E-state index contributed by atoms with van der Waals surface area (Å²) in [6.45, 7) is 7.16. The van der Waals surface area contributed by atoms with Crippen molar-refractivity contribution in [3.05, 3.63) is 58.2 Å². The summed E-state index contributed by atoms with van der Waals surface area (Å²) < 4.78 is 5.19. The number of ketones is 2. The minimum absolute atomic E-state index is 0.0727. The van der Waals surface area contributed by atoms with Gasteiger partial charge in [0.15, 0.2) is 23.1 Å². The topological polar surface area (TPSA) is 101 Å². The van der Waals surface area contributed by atoms with Gasteiger partial charge >= 0.3 is 0 Å². The number of phenolic OH excluding ortho intramolecular Hbond substituents is 1. The molecule has 0 unspecified atom stereocenters. The molecular weight excluding hydrogens is 446 g/mol. The number of amides is 2. The molecular formula is C28H29NO6. The lowest BCUT2D eigenvalue weighted by molar-refractivity contribution is -0.145. The molecule has 1 saturated heterocycles. The molecule has 1 N–H and O–H groups in total. The van der Waals surface area contributed by atoms with Crippen molar-refractivity contribution in [2.24, 2.45) is 17.8 Å². The molecule has 3 aliphatic carbocycles. The second-order valence-electron chi connectivity index (χ2n) is 10.8. The second-order valence-corrected chi connectivity index (χ2v) is 10.8. The quantitative estimate of drug-likeness (QED) is 0.398. The van der Waals surface area contributed by atoms with Gasteiger partial charge in [-0.1, -0.05) is 17.7 Å². The lowest BCUT2D eigenvalue weighted by Gasteiger charge is -2.42. The molecule has 182 valence electrons. The van der Waals surface area contributed by atoms with Crippen LogP contribution in [0.5, 0.6) is 11.5 Å². The van der Waals surface area contributed by atoms with Gasteiger partial charge in [0.25, 0.3) is 0 Å². The Balaban J connectivity index is 1.69. The number of ether oxygens (including phenoxy) is 1. The number of hydrogen-bond donors (Lipinski definition) is 1. The molecule has 0 aromatic heterocycles. The third-order valence-electron chi connectivity index (χ3n) is 7.77. The number of nitrogens with zero attached hydrogens (tertiary/aromatic N) is 1. The van der Waals surface area contributed by atoms with Gasteiger partial charge in [-0.2, -0.15) is 0 Å². The normalized spacial score (nSPS) is 28.4. The summed E-state index contributed by atoms with van der Waals surface area (Å²) in [7, 11) is 1.46. The van der Waals surface area contributed by atoms with E-state index in [0.717, 1.165) is 5.57 Å². The van der Waals surface area contributed by atoms with Crippen molar-refractivity contribution in [3.63, 3.8) is 0 Å². The number of methoxy groups -OCH3 is 1. The first-order chi connectivity index (χ1) is 16.5. The summed E-state index contributed by atoms with van der Waals surface area (Å²) in [5.41, 5.74) is 2.04. The Kier molecular flexibility index (Phi) is 5.16. The van der Waals surface area contributed by atoms with Crippen LogP contribution in [-0.2, 0) is 19.2 Å². The molecule has 2 amide bonds. The van der Waals surface area contributed by atoms with E-state index in [1.807, 2.05) is 26.8 Å². The fourth-order valence-electron chi connectivity index (χ4n) is 6.29. The number of fused-ring (bicyclic) bond motifs is 3. The van der Waals surface area contributed by atoms with Crippen molar-refractivity contribution in [3.8, 4) is 11.5 Å². The zero-order valence-corrected chi connectivity index (χ0v) is 20.5. The third-order valence-corrected chi connectivity index (χ3v) is 7.77. The first-order valence-corrected chi connectivity index (χ1v) is 11.9. The minimum Gasteiger partial charge on any atom is -0.504 e. The summed E-state index contributed by atoms with van der Waals surface area (Å²) in [5.74, 6) is -2.63. The Morgan fingerprint density at radius 1 is 1.06 bits per heavy atom. The number of aromatic hydroxyl groups is 1. The van der Waals surface area contributed by atoms with Gasteiger partial charge in [0.05, 0.1) is 18.9 Å². The maximum Gasteiger partial charge on any atom is 0.234 e. The fourth-order valence-corrected chi connectivity index (χ4v) is 6.29. The van der Waals surface area contributed by atoms with Crippen LogP contribution in [0.25, 0.3) is 0 Å². The standard InChI is InChI=1S/C28H29NO6/c1-13-10-19(30)18-12-17-15(7-8-16-23(17)27(34)29(26(16)33)28(2,3)4)22(24(18)25(13)32)14-6-9-21(35-5)20(31)11-14/h6-7,9-11,16-17,22-23,31H,8,12H2,1-5H3/t16-,17+,22-,23-/m0/s1. The number of carbonyl (C=O) groups excluding carboxylic acids is 4. The van der Waals surface area contributed by atoms with Gasteiger partial charge in [0.1, 0.15) is 0 Å². The second kappa shape index (κ2) is 7.77. The molecule has 4 atom stereocenters. The monoisotopic (exact) mass is 475 g/mol. The third kappa shape index (κ3) is 3.32. The van der Waals surface area contributed by atoms with Crippen molar-refractivity contribution < 1.29 is 29.0 Å². The molecule has 7 nitrogen and oxygen atoms in total. The summed E-state index contributed by atoms with van der Waals surface area (Å²) in [5, 5.41) is 10.5. The number of imide groups is 1. The first-order valence-electron chi connectivity index (χ1n) is 11.9. The van der Waals surface area contributed by atoms with Gasteiger partial charge in [-0.3, -0.25) is 24.1 Å². The summed E-state index contributed by atoms with van der Waals surface area (Å²) in [6, 6.07) is 4.96. The Bertz CT molecular complexity index is 1290. The van der Waals surface area contributed by atoms with Crippen molar-refractivity contribution >= 4 is 23.4 Å². The van der Waals surface area contributed by atoms with Gasteiger partial charge < -0.3 is 9.84 Å². The summed E-state index contributed by atoms with van der Waals surface area (Å²) in [4.78, 5) is 54.8. The molecule has 4 aliphatic rings. The van der Waals surface area contributed by atoms with Crippen LogP contribution < -0.4 is 4.74 Å². The molecule has 1 aromatic carbocycles. The maximum absolute atomic E-state index is 13.6. The SMILES string of the molecule is COc1ccc([C@H]2C3=CC[C@@H]4C(=O)N(C(C)(C)C)C(=O)[C@@H]4[C@@H]3CC3=C2C(=O)C(C)=CC3=O)cc1O. The minimum atomic E-state index is -0.650. The van der Waals surface area contributed by atoms with E-state index in [9.17, 15) is 24.3 Å². The highest BCUT2D eigenvalue weighted by Gasteiger charge is 2.58. The van der Waals surface area contributed by atoms with Crippen LogP contribution in [-0.4, -0.2) is 46.0 Å². The Hall–Kier alpha value is -3.48. The van der Waals surface area contributed by atoms with Gasteiger partial charge in [-0.25, -0.2) is 0 Å². The molecule has 0 spiro atoms. The number of rotatable bonds is 2. The number of carbonyl (C=O) groups is 4. The van der Waals surface area contributed by atoms with E-state index in [0.29, 0.717) is 34.5 Å². The lowest BCUT2D eigenvalue weighted by Crippen LogP contribution is -2.46. The van der Waals surface area contributed by atoms with Gasteiger partial charge in [0.2, 0.25) is 11.8 Å². The number of Topliss-reactive ketones (excluding diaryl/α,β-unsaturated/α-hetero) is 1. The largest absolute Gasteiger partial charge is 0.504 e. The Morgan fingerprint density at radius 2 is 1.77 bits per heavy atom. The van der Waals surface area contributed by atoms with Gasteiger partial charge in [-0.15, -0.1) is 0 Å². The van der Waals surface area contributed by atoms with Crippen LogP contribution in [0.15, 0.2) is 52.6 Å². The molecule has 35 heavy (non-hydrogen) atoms. The molecule has 1 fully saturated rings. The molecule has 0 bridgehead atoms. The molecule has 0 radical (unpaired) electrons. The van der Waals surface area contributed by atoms with Crippen LogP contribution in [0, 0.1) is 17.8 Å². The predicted octanol–water partition coefficient (Wildman–Crippen LogP) is 3.63. The van der Waals surface area contributed by atoms with E-state index >= 15 is 0 Å². The highest BCUT2D eigenvalue weighted by atomic mass is 16.5. The van der Waals surface area contributed by atoms with Crippen LogP contribution in [0.2, 0.25) is 0 Å². The maximum atomic E-state index is 13.6. The van der Waals surface area contributed by atoms with Crippen molar-refractivity contribution in [1.82, 2.24) is 4.90 Å². The highest BCUT2D eigenvalue weighted by Crippen LogP contribution is 2.56. The fraction of sp³-hybridized carbons (Fsp3) is 0.429. The van der Waals surface area contributed by atoms with E-state index < -0.39 is 23.3 Å². The number of phenols is 1. The van der Waals surface area contributed by atoms with Gasteiger partial charge in [0, 0.05) is 28.2 Å². The average molecular weight is 476 g/mol. The highest BCUT2D eigenvalue weighted by molar-refractivity contribution is 6.23. The van der Waals surface area contributed by atoms with Gasteiger partial charge in [-0.05, 0) is 70.2 Å². The van der Waals surface area contributed by atoms with Crippen molar-refractivity contribution in [2.45, 2.75) is 52.0 Å². The molecule has 5 rings (SSSR count). The zero-order chi connectivity index (χ0) is 25.4. The Labute approximate surface area is 204 Å². The predicted molar refractivity (Wildman–Crippen MR) is 128 cm³/mol. The Morgan fingerprint density at radius 3 is 2.40 bits per heavy atom. The molecule has 7 heteroatoms. The van der Waals surface area contributed by atoms with Crippen LogP contribution in [0.1, 0.15) is 52.0 Å². The molecule has 1 heterocycles. The summed E-state index contributed by atoms with van der Waals surface area (Å²) >= 11 is 0. The molecule has 0 saturated carbocycles. The number of benzene rings is 1. The smallest absolute Gasteiger partial charge is 0.234 e. The number of hydrogen-bond acceptors (Lipinski definition) is 6. The van der Waals surface area contributed by atoms with Crippen LogP contribution in [0.3, 0.4) is 0 Å². The van der Waals surface area contributed by atoms with E-state index in [2.05, 4.69) is 0 Å². The van der Waals surface area contributed by atoms with E-state index in [1.165, 1.54) is 18.1 Å². The zero-order valence-electron chi connectivity index (χ0n) is 20.5. The van der Waals surface area contributed by atoms with Crippen LogP contribution >= 0.6 is 0 Å². The molecule has 1 aliphatic heterocycles. The van der Waals surface area contributed by atoms with Crippen molar-refractivity contribution in [1.29, 1.82) is 0 Å². The van der Waals surface area contributed by atoms with Crippen LogP contribution in [0.4, 0.5) is 0 Å². The van der Waals surface area contributed by atoms with Crippen molar-refractivity contribution in [2.75, 3.05) is 7.11 Å². The number of allylic oxidation sites excluding steroid dienone is 6. The average Bonchev–Trinajstić information content (AvgIpc) is 3.06.